The molecule has 0 saturated carbocycles. The van der Waals surface area contributed by atoms with Gasteiger partial charge >= 0.3 is 0 Å². The standard InChI is InChI=1S/C24H29NO5S/c1-14-9-12-31-22(14)19-18(21(27)23(28)25(19)10-11-29-5)20(26)15-7-8-17(30-6)16(13-15)24(2,3)4/h7-9,12-13,19,26H,10-11H2,1-6H3/b20-18-. The number of benzene rings is 1. The molecule has 1 aromatic heterocycles. The molecule has 0 radical (unpaired) electrons. The average molecular weight is 444 g/mol. The van der Waals surface area contributed by atoms with Crippen molar-refractivity contribution in [3.05, 3.63) is 56.8 Å². The summed E-state index contributed by atoms with van der Waals surface area (Å²) in [4.78, 5) is 28.3. The Hall–Kier alpha value is -2.64. The summed E-state index contributed by atoms with van der Waals surface area (Å²) < 4.78 is 10.6. The van der Waals surface area contributed by atoms with Crippen LogP contribution in [0.5, 0.6) is 5.75 Å². The number of aliphatic hydroxyl groups excluding tert-OH is 1. The average Bonchev–Trinajstić information content (AvgIpc) is 3.25. The fourth-order valence-electron chi connectivity index (χ4n) is 3.83. The number of hydrogen-bond donors (Lipinski definition) is 1. The van der Waals surface area contributed by atoms with Crippen molar-refractivity contribution in [3.63, 3.8) is 0 Å². The molecule has 166 valence electrons. The second kappa shape index (κ2) is 8.85. The van der Waals surface area contributed by atoms with Crippen LogP contribution in [0.3, 0.4) is 0 Å². The molecule has 6 nitrogen and oxygen atoms in total. The van der Waals surface area contributed by atoms with Gasteiger partial charge in [-0.2, -0.15) is 0 Å². The Labute approximate surface area is 187 Å². The van der Waals surface area contributed by atoms with Crippen LogP contribution in [0.4, 0.5) is 0 Å². The first-order valence-corrected chi connectivity index (χ1v) is 11.0. The van der Waals surface area contributed by atoms with Crippen LogP contribution in [-0.4, -0.2) is 49.1 Å². The summed E-state index contributed by atoms with van der Waals surface area (Å²) in [5.41, 5.74) is 2.22. The van der Waals surface area contributed by atoms with E-state index in [2.05, 4.69) is 0 Å². The van der Waals surface area contributed by atoms with Crippen molar-refractivity contribution in [1.82, 2.24) is 4.90 Å². The molecule has 1 unspecified atom stereocenters. The Bertz CT molecular complexity index is 1030. The number of rotatable bonds is 6. The maximum Gasteiger partial charge on any atom is 0.295 e. The molecule has 1 aliphatic rings. The number of likely N-dealkylation sites (tertiary alicyclic amines) is 1. The minimum Gasteiger partial charge on any atom is -0.507 e. The summed E-state index contributed by atoms with van der Waals surface area (Å²) in [5.74, 6) is -0.778. The zero-order valence-corrected chi connectivity index (χ0v) is 19.6. The third kappa shape index (κ3) is 4.25. The van der Waals surface area contributed by atoms with Crippen molar-refractivity contribution < 1.29 is 24.2 Å². The Morgan fingerprint density at radius 1 is 1.19 bits per heavy atom. The highest BCUT2D eigenvalue weighted by molar-refractivity contribution is 7.10. The summed E-state index contributed by atoms with van der Waals surface area (Å²) >= 11 is 1.47. The molecule has 2 aromatic rings. The lowest BCUT2D eigenvalue weighted by Crippen LogP contribution is -2.32. The first kappa shape index (κ1) is 23.0. The Kier molecular flexibility index (Phi) is 6.57. The lowest BCUT2D eigenvalue weighted by atomic mass is 9.84. The number of nitrogens with zero attached hydrogens (tertiary/aromatic N) is 1. The van der Waals surface area contributed by atoms with Crippen LogP contribution in [0.15, 0.2) is 35.2 Å². The number of aliphatic hydroxyl groups is 1. The van der Waals surface area contributed by atoms with Gasteiger partial charge in [-0.1, -0.05) is 20.8 Å². The number of ketones is 1. The molecule has 1 atom stereocenters. The molecule has 3 rings (SSSR count). The lowest BCUT2D eigenvalue weighted by Gasteiger charge is -2.25. The predicted octanol–water partition coefficient (Wildman–Crippen LogP) is 4.43. The van der Waals surface area contributed by atoms with Gasteiger partial charge in [-0.15, -0.1) is 11.3 Å². The van der Waals surface area contributed by atoms with Crippen LogP contribution in [0.1, 0.15) is 48.4 Å². The van der Waals surface area contributed by atoms with E-state index >= 15 is 0 Å². The first-order valence-electron chi connectivity index (χ1n) is 10.1. The molecule has 0 spiro atoms. The van der Waals surface area contributed by atoms with Crippen LogP contribution in [0.2, 0.25) is 0 Å². The summed E-state index contributed by atoms with van der Waals surface area (Å²) in [7, 11) is 3.15. The third-order valence-corrected chi connectivity index (χ3v) is 6.58. The van der Waals surface area contributed by atoms with E-state index in [-0.39, 0.29) is 23.3 Å². The van der Waals surface area contributed by atoms with Gasteiger partial charge in [0.2, 0.25) is 0 Å². The predicted molar refractivity (Wildman–Crippen MR) is 122 cm³/mol. The molecule has 0 bridgehead atoms. The van der Waals surface area contributed by atoms with E-state index < -0.39 is 17.7 Å². The van der Waals surface area contributed by atoms with Crippen LogP contribution >= 0.6 is 11.3 Å². The van der Waals surface area contributed by atoms with Gasteiger partial charge in [0, 0.05) is 29.7 Å². The summed E-state index contributed by atoms with van der Waals surface area (Å²) in [5, 5.41) is 13.2. The largest absolute Gasteiger partial charge is 0.507 e. The van der Waals surface area contributed by atoms with Gasteiger partial charge in [-0.05, 0) is 47.5 Å². The summed E-state index contributed by atoms with van der Waals surface area (Å²) in [6.45, 7) is 8.64. The highest BCUT2D eigenvalue weighted by atomic mass is 32.1. The molecule has 1 saturated heterocycles. The number of aryl methyl sites for hydroxylation is 1. The molecule has 1 amide bonds. The van der Waals surface area contributed by atoms with Gasteiger partial charge in [0.15, 0.2) is 0 Å². The van der Waals surface area contributed by atoms with E-state index in [9.17, 15) is 14.7 Å². The van der Waals surface area contributed by atoms with E-state index in [4.69, 9.17) is 9.47 Å². The number of amides is 1. The number of methoxy groups -OCH3 is 2. The molecule has 0 aliphatic carbocycles. The van der Waals surface area contributed by atoms with Crippen LogP contribution in [0.25, 0.3) is 5.76 Å². The molecule has 7 heteroatoms. The van der Waals surface area contributed by atoms with Crippen molar-refractivity contribution in [3.8, 4) is 5.75 Å². The summed E-state index contributed by atoms with van der Waals surface area (Å²) in [6, 6.07) is 6.62. The van der Waals surface area contributed by atoms with Gasteiger partial charge in [0.1, 0.15) is 11.5 Å². The van der Waals surface area contributed by atoms with Gasteiger partial charge < -0.3 is 19.5 Å². The monoisotopic (exact) mass is 443 g/mol. The minimum absolute atomic E-state index is 0.108. The lowest BCUT2D eigenvalue weighted by molar-refractivity contribution is -0.140. The quantitative estimate of drug-likeness (QED) is 0.406. The zero-order valence-electron chi connectivity index (χ0n) is 18.8. The number of hydrogen-bond acceptors (Lipinski definition) is 6. The van der Waals surface area contributed by atoms with E-state index in [1.807, 2.05) is 45.2 Å². The fourth-order valence-corrected chi connectivity index (χ4v) is 4.88. The van der Waals surface area contributed by atoms with Gasteiger partial charge in [-0.3, -0.25) is 9.59 Å². The van der Waals surface area contributed by atoms with Crippen LogP contribution in [-0.2, 0) is 19.7 Å². The zero-order chi connectivity index (χ0) is 22.9. The Morgan fingerprint density at radius 3 is 2.45 bits per heavy atom. The van der Waals surface area contributed by atoms with E-state index in [1.165, 1.54) is 16.2 Å². The third-order valence-electron chi connectivity index (χ3n) is 5.51. The molecule has 2 heterocycles. The number of thiophene rings is 1. The molecule has 1 aromatic carbocycles. The Balaban J connectivity index is 2.21. The van der Waals surface area contributed by atoms with E-state index in [1.54, 1.807) is 26.4 Å². The number of carbonyl (C=O) groups excluding carboxylic acids is 2. The van der Waals surface area contributed by atoms with Crippen molar-refractivity contribution >= 4 is 28.8 Å². The summed E-state index contributed by atoms with van der Waals surface area (Å²) in [6.07, 6.45) is 0. The highest BCUT2D eigenvalue weighted by Gasteiger charge is 2.46. The molecular weight excluding hydrogens is 414 g/mol. The molecule has 1 aliphatic heterocycles. The second-order valence-corrected chi connectivity index (χ2v) is 9.57. The maximum atomic E-state index is 13.0. The second-order valence-electron chi connectivity index (χ2n) is 8.62. The van der Waals surface area contributed by atoms with Crippen molar-refractivity contribution in [2.75, 3.05) is 27.4 Å². The fraction of sp³-hybridized carbons (Fsp3) is 0.417. The topological polar surface area (TPSA) is 76.1 Å². The van der Waals surface area contributed by atoms with Crippen LogP contribution < -0.4 is 4.74 Å². The smallest absolute Gasteiger partial charge is 0.295 e. The molecule has 1 fully saturated rings. The van der Waals surface area contributed by atoms with E-state index in [0.717, 1.165) is 16.0 Å². The van der Waals surface area contributed by atoms with Crippen LogP contribution in [0, 0.1) is 6.92 Å². The normalized spacial score (nSPS) is 18.6. The van der Waals surface area contributed by atoms with Gasteiger partial charge in [0.05, 0.1) is 25.3 Å². The Morgan fingerprint density at radius 2 is 1.90 bits per heavy atom. The molecule has 31 heavy (non-hydrogen) atoms. The number of carbonyl (C=O) groups is 2. The van der Waals surface area contributed by atoms with Crippen molar-refractivity contribution in [2.24, 2.45) is 0 Å². The SMILES string of the molecule is COCCN1C(=O)C(=O)/C(=C(\O)c2ccc(OC)c(C(C)(C)C)c2)C1c1sccc1C. The first-order chi connectivity index (χ1) is 14.6. The molecular formula is C24H29NO5S. The van der Waals surface area contributed by atoms with Crippen molar-refractivity contribution in [2.45, 2.75) is 39.2 Å². The maximum absolute atomic E-state index is 13.0. The number of Topliss-reactive ketones (excluding diaryl/α,β-unsaturated/α-hetero) is 1. The van der Waals surface area contributed by atoms with Gasteiger partial charge in [-0.25, -0.2) is 0 Å². The van der Waals surface area contributed by atoms with E-state index in [0.29, 0.717) is 17.9 Å². The molecule has 1 N–H and O–H groups in total. The minimum atomic E-state index is -0.681. The highest BCUT2D eigenvalue weighted by Crippen LogP contribution is 2.43. The van der Waals surface area contributed by atoms with Gasteiger partial charge in [0.25, 0.3) is 11.7 Å². The number of ether oxygens (including phenoxy) is 2. The van der Waals surface area contributed by atoms with Crippen molar-refractivity contribution in [1.29, 1.82) is 0 Å².